The van der Waals surface area contributed by atoms with Gasteiger partial charge in [-0.25, -0.2) is 0 Å². The molecular weight excluding hydrogens is 326 g/mol. The average molecular weight is 337 g/mol. The van der Waals surface area contributed by atoms with Gasteiger partial charge in [0.05, 0.1) is 0 Å². The molecule has 0 bridgehead atoms. The van der Waals surface area contributed by atoms with Crippen molar-refractivity contribution in [3.8, 4) is 0 Å². The molecule has 0 radical (unpaired) electrons. The molecule has 1 aliphatic heterocycles. The van der Waals surface area contributed by atoms with Gasteiger partial charge in [0, 0.05) is 22.3 Å². The van der Waals surface area contributed by atoms with E-state index in [1.807, 2.05) is 24.3 Å². The van der Waals surface area contributed by atoms with Crippen molar-refractivity contribution in [2.75, 3.05) is 4.43 Å². The lowest BCUT2D eigenvalue weighted by atomic mass is 9.93. The van der Waals surface area contributed by atoms with E-state index >= 15 is 0 Å². The topological polar surface area (TPSA) is 26.3 Å². The molecule has 0 amide bonds. The Kier molecular flexibility index (Phi) is 3.21. The fourth-order valence-electron chi connectivity index (χ4n) is 1.75. The third-order valence-electron chi connectivity index (χ3n) is 2.63. The van der Waals surface area contributed by atoms with Crippen LogP contribution in [-0.4, -0.2) is 10.4 Å². The summed E-state index contributed by atoms with van der Waals surface area (Å²) >= 11 is 8.08. The Morgan fingerprint density at radius 1 is 1.40 bits per heavy atom. The van der Waals surface area contributed by atoms with E-state index in [1.54, 1.807) is 0 Å². The number of halogens is 2. The van der Waals surface area contributed by atoms with Crippen molar-refractivity contribution in [1.82, 2.24) is 0 Å². The van der Waals surface area contributed by atoms with E-state index in [0.29, 0.717) is 11.4 Å². The van der Waals surface area contributed by atoms with Gasteiger partial charge in [0.1, 0.15) is 5.60 Å². The third kappa shape index (κ3) is 2.13. The molecule has 0 saturated carbocycles. The number of hydrogen-bond donors (Lipinski definition) is 0. The molecule has 1 atom stereocenters. The number of esters is 1. The monoisotopic (exact) mass is 336 g/mol. The van der Waals surface area contributed by atoms with Crippen LogP contribution in [0.2, 0.25) is 5.02 Å². The van der Waals surface area contributed by atoms with E-state index < -0.39 is 5.60 Å². The summed E-state index contributed by atoms with van der Waals surface area (Å²) in [7, 11) is 0. The van der Waals surface area contributed by atoms with Crippen molar-refractivity contribution in [1.29, 1.82) is 0 Å². The first kappa shape index (κ1) is 11.2. The number of alkyl halides is 1. The molecule has 1 fully saturated rings. The predicted molar refractivity (Wildman–Crippen MR) is 67.3 cm³/mol. The first-order chi connectivity index (χ1) is 7.16. The number of hydrogen-bond acceptors (Lipinski definition) is 2. The van der Waals surface area contributed by atoms with Gasteiger partial charge in [0.2, 0.25) is 0 Å². The van der Waals surface area contributed by atoms with Gasteiger partial charge in [-0.2, -0.15) is 0 Å². The number of carbonyl (C=O) groups excluding carboxylic acids is 1. The fourth-order valence-corrected chi connectivity index (χ4v) is 2.86. The minimum Gasteiger partial charge on any atom is -0.453 e. The summed E-state index contributed by atoms with van der Waals surface area (Å²) in [6.45, 7) is 0. The lowest BCUT2D eigenvalue weighted by Crippen LogP contribution is -2.27. The van der Waals surface area contributed by atoms with Crippen LogP contribution in [0.25, 0.3) is 0 Å². The number of carbonyl (C=O) groups is 1. The molecule has 1 aromatic rings. The Morgan fingerprint density at radius 3 is 2.53 bits per heavy atom. The molecule has 0 aromatic heterocycles. The molecule has 2 rings (SSSR count). The Hall–Kier alpha value is -0.290. The van der Waals surface area contributed by atoms with Crippen LogP contribution in [0.15, 0.2) is 24.3 Å². The van der Waals surface area contributed by atoms with Crippen molar-refractivity contribution < 1.29 is 9.53 Å². The van der Waals surface area contributed by atoms with Crippen LogP contribution >= 0.6 is 34.2 Å². The molecule has 80 valence electrons. The molecule has 0 unspecified atom stereocenters. The van der Waals surface area contributed by atoms with Crippen LogP contribution in [-0.2, 0) is 15.1 Å². The van der Waals surface area contributed by atoms with Gasteiger partial charge in [-0.05, 0) is 17.7 Å². The SMILES string of the molecule is O=C1CC[C@](CI)(c2ccc(Cl)cc2)O1. The number of ether oxygens (including phenoxy) is 1. The molecule has 0 spiro atoms. The summed E-state index contributed by atoms with van der Waals surface area (Å²) < 4.78 is 6.21. The molecule has 1 heterocycles. The lowest BCUT2D eigenvalue weighted by Gasteiger charge is -2.25. The summed E-state index contributed by atoms with van der Waals surface area (Å²) in [4.78, 5) is 11.2. The highest BCUT2D eigenvalue weighted by Crippen LogP contribution is 2.38. The zero-order valence-corrected chi connectivity index (χ0v) is 10.9. The van der Waals surface area contributed by atoms with Crippen LogP contribution < -0.4 is 0 Å². The first-order valence-electron chi connectivity index (χ1n) is 4.70. The Labute approximate surface area is 107 Å². The highest BCUT2D eigenvalue weighted by molar-refractivity contribution is 14.1. The Morgan fingerprint density at radius 2 is 2.07 bits per heavy atom. The van der Waals surface area contributed by atoms with Crippen LogP contribution in [0, 0.1) is 0 Å². The standard InChI is InChI=1S/C11H10ClIO2/c12-9-3-1-8(2-4-9)11(7-13)6-5-10(14)15-11/h1-4H,5-7H2/t11-/m0/s1. The predicted octanol–water partition coefficient (Wildman–Crippen LogP) is 3.31. The smallest absolute Gasteiger partial charge is 0.306 e. The van der Waals surface area contributed by atoms with Crippen molar-refractivity contribution in [2.45, 2.75) is 18.4 Å². The van der Waals surface area contributed by atoms with E-state index in [1.165, 1.54) is 0 Å². The van der Waals surface area contributed by atoms with Crippen molar-refractivity contribution in [3.63, 3.8) is 0 Å². The van der Waals surface area contributed by atoms with Gasteiger partial charge in [0.15, 0.2) is 0 Å². The molecule has 0 N–H and O–H groups in total. The average Bonchev–Trinajstić information content (AvgIpc) is 2.62. The van der Waals surface area contributed by atoms with Crippen LogP contribution in [0.4, 0.5) is 0 Å². The van der Waals surface area contributed by atoms with Gasteiger partial charge in [0.25, 0.3) is 0 Å². The Balaban J connectivity index is 2.34. The molecule has 1 aromatic carbocycles. The van der Waals surface area contributed by atoms with E-state index in [0.717, 1.165) is 16.4 Å². The van der Waals surface area contributed by atoms with E-state index in [9.17, 15) is 4.79 Å². The van der Waals surface area contributed by atoms with E-state index in [-0.39, 0.29) is 5.97 Å². The first-order valence-corrected chi connectivity index (χ1v) is 6.60. The van der Waals surface area contributed by atoms with Crippen LogP contribution in [0.1, 0.15) is 18.4 Å². The lowest BCUT2D eigenvalue weighted by molar-refractivity contribution is -0.147. The fraction of sp³-hybridized carbons (Fsp3) is 0.364. The van der Waals surface area contributed by atoms with Crippen LogP contribution in [0.3, 0.4) is 0 Å². The highest BCUT2D eigenvalue weighted by atomic mass is 127. The van der Waals surface area contributed by atoms with Crippen molar-refractivity contribution >= 4 is 40.2 Å². The normalized spacial score (nSPS) is 25.3. The second-order valence-corrected chi connectivity index (χ2v) is 4.81. The summed E-state index contributed by atoms with van der Waals surface area (Å²) in [5.74, 6) is -0.110. The van der Waals surface area contributed by atoms with Crippen LogP contribution in [0.5, 0.6) is 0 Å². The molecule has 1 saturated heterocycles. The Bertz CT molecular complexity index is 377. The van der Waals surface area contributed by atoms with Gasteiger partial charge < -0.3 is 4.74 Å². The molecule has 4 heteroatoms. The van der Waals surface area contributed by atoms with E-state index in [2.05, 4.69) is 22.6 Å². The minimum atomic E-state index is -0.428. The minimum absolute atomic E-state index is 0.110. The second kappa shape index (κ2) is 4.29. The quantitative estimate of drug-likeness (QED) is 0.470. The van der Waals surface area contributed by atoms with Gasteiger partial charge in [-0.1, -0.05) is 46.3 Å². The van der Waals surface area contributed by atoms with Crippen molar-refractivity contribution in [3.05, 3.63) is 34.9 Å². The zero-order chi connectivity index (χ0) is 10.9. The highest BCUT2D eigenvalue weighted by Gasteiger charge is 2.40. The zero-order valence-electron chi connectivity index (χ0n) is 8.00. The third-order valence-corrected chi connectivity index (χ3v) is 4.11. The summed E-state index contributed by atoms with van der Waals surface area (Å²) in [6.07, 6.45) is 1.27. The maximum atomic E-state index is 11.2. The molecule has 0 aliphatic carbocycles. The van der Waals surface area contributed by atoms with Gasteiger partial charge in [-0.3, -0.25) is 4.79 Å². The largest absolute Gasteiger partial charge is 0.453 e. The maximum absolute atomic E-state index is 11.2. The van der Waals surface area contributed by atoms with Crippen molar-refractivity contribution in [2.24, 2.45) is 0 Å². The number of rotatable bonds is 2. The summed E-state index contributed by atoms with van der Waals surface area (Å²) in [5.41, 5.74) is 0.606. The van der Waals surface area contributed by atoms with Gasteiger partial charge >= 0.3 is 5.97 Å². The van der Waals surface area contributed by atoms with E-state index in [4.69, 9.17) is 16.3 Å². The molecule has 15 heavy (non-hydrogen) atoms. The molecule has 1 aliphatic rings. The number of benzene rings is 1. The molecular formula is C11H10ClIO2. The molecule has 2 nitrogen and oxygen atoms in total. The maximum Gasteiger partial charge on any atom is 0.306 e. The summed E-state index contributed by atoms with van der Waals surface area (Å²) in [5, 5.41) is 0.701. The second-order valence-electron chi connectivity index (χ2n) is 3.61. The number of cyclic esters (lactones) is 1. The summed E-state index contributed by atoms with van der Waals surface area (Å²) in [6, 6.07) is 7.52. The van der Waals surface area contributed by atoms with Gasteiger partial charge in [-0.15, -0.1) is 0 Å².